The van der Waals surface area contributed by atoms with E-state index in [0.717, 1.165) is 20.1 Å². The summed E-state index contributed by atoms with van der Waals surface area (Å²) >= 11 is 0. The highest BCUT2D eigenvalue weighted by Gasteiger charge is 2.25. The molecule has 0 saturated carbocycles. The number of methoxy groups -OCH3 is 1. The fraction of sp³-hybridized carbons (Fsp3) is 0.364. The lowest BCUT2D eigenvalue weighted by atomic mass is 10.0. The van der Waals surface area contributed by atoms with E-state index in [9.17, 15) is 23.1 Å². The lowest BCUT2D eigenvalue weighted by Gasteiger charge is -2.12. The molecule has 0 heterocycles. The maximum absolute atomic E-state index is 13.3. The molecule has 0 radical (unpaired) electrons. The molecule has 1 rings (SSSR count). The molecule has 0 bridgehead atoms. The summed E-state index contributed by atoms with van der Waals surface area (Å²) in [5.41, 5.74) is -0.807. The number of aliphatic hydroxyl groups excluding tert-OH is 1. The van der Waals surface area contributed by atoms with Gasteiger partial charge in [0.05, 0.1) is 7.11 Å². The quantitative estimate of drug-likeness (QED) is 0.834. The normalized spacial score (nSPS) is 14.2. The monoisotopic (exact) mass is 248 g/mol. The minimum Gasteiger partial charge on any atom is -0.467 e. The summed E-state index contributed by atoms with van der Waals surface area (Å²) in [7, 11) is 0.988. The maximum atomic E-state index is 13.3. The first-order valence-electron chi connectivity index (χ1n) is 4.77. The van der Waals surface area contributed by atoms with Gasteiger partial charge in [-0.1, -0.05) is 0 Å². The number of aliphatic hydroxyl groups is 1. The number of ether oxygens (including phenoxy) is 1. The highest BCUT2D eigenvalue weighted by Crippen LogP contribution is 2.26. The first-order valence-corrected chi connectivity index (χ1v) is 4.77. The first kappa shape index (κ1) is 13.5. The lowest BCUT2D eigenvalue weighted by Crippen LogP contribution is -2.16. The fourth-order valence-corrected chi connectivity index (χ4v) is 1.30. The highest BCUT2D eigenvalue weighted by atomic mass is 19.2. The summed E-state index contributed by atoms with van der Waals surface area (Å²) < 4.78 is 43.6. The third-order valence-electron chi connectivity index (χ3n) is 2.26. The van der Waals surface area contributed by atoms with Crippen molar-refractivity contribution in [3.63, 3.8) is 0 Å². The van der Waals surface area contributed by atoms with E-state index in [-0.39, 0.29) is 5.56 Å². The van der Waals surface area contributed by atoms with Gasteiger partial charge in [-0.05, 0) is 24.6 Å². The number of rotatable bonds is 3. The molecule has 1 aromatic rings. The molecule has 2 atom stereocenters. The zero-order valence-corrected chi connectivity index (χ0v) is 9.21. The molecule has 0 aliphatic carbocycles. The molecule has 1 N–H and O–H groups in total. The van der Waals surface area contributed by atoms with Crippen LogP contribution in [0.2, 0.25) is 0 Å². The van der Waals surface area contributed by atoms with Crippen LogP contribution >= 0.6 is 0 Å². The van der Waals surface area contributed by atoms with Gasteiger partial charge in [0.2, 0.25) is 0 Å². The second kappa shape index (κ2) is 5.18. The van der Waals surface area contributed by atoms with Crippen LogP contribution in [0, 0.1) is 11.6 Å². The predicted octanol–water partition coefficient (Wildman–Crippen LogP) is 2.20. The smallest absolute Gasteiger partial charge is 0.339 e. The number of halogens is 3. The van der Waals surface area contributed by atoms with Gasteiger partial charge < -0.3 is 9.84 Å². The van der Waals surface area contributed by atoms with Gasteiger partial charge >= 0.3 is 5.97 Å². The molecular formula is C11H11F3O3. The van der Waals surface area contributed by atoms with Crippen molar-refractivity contribution in [3.8, 4) is 0 Å². The van der Waals surface area contributed by atoms with Gasteiger partial charge in [0.15, 0.2) is 17.7 Å². The van der Waals surface area contributed by atoms with Crippen molar-refractivity contribution in [2.75, 3.05) is 7.11 Å². The van der Waals surface area contributed by atoms with Crippen molar-refractivity contribution in [1.29, 1.82) is 0 Å². The van der Waals surface area contributed by atoms with Crippen LogP contribution in [0.15, 0.2) is 12.1 Å². The second-order valence-corrected chi connectivity index (χ2v) is 3.45. The molecule has 0 aliphatic rings. The van der Waals surface area contributed by atoms with Crippen molar-refractivity contribution in [3.05, 3.63) is 34.9 Å². The van der Waals surface area contributed by atoms with Gasteiger partial charge in [-0.2, -0.15) is 0 Å². The Balaban J connectivity index is 3.27. The van der Waals surface area contributed by atoms with E-state index in [1.807, 2.05) is 0 Å². The zero-order valence-electron chi connectivity index (χ0n) is 9.21. The van der Waals surface area contributed by atoms with Gasteiger partial charge in [-0.15, -0.1) is 0 Å². The Kier molecular flexibility index (Phi) is 4.11. The van der Waals surface area contributed by atoms with E-state index in [0.29, 0.717) is 6.07 Å². The summed E-state index contributed by atoms with van der Waals surface area (Å²) in [5.74, 6) is -3.87. The van der Waals surface area contributed by atoms with Crippen LogP contribution in [0.5, 0.6) is 0 Å². The Bertz CT molecular complexity index is 432. The second-order valence-electron chi connectivity index (χ2n) is 3.45. The SMILES string of the molecule is COC(=O)C(O)c1cc(C(C)F)cc(F)c1F. The Morgan fingerprint density at radius 2 is 2.00 bits per heavy atom. The molecule has 0 spiro atoms. The van der Waals surface area contributed by atoms with Crippen LogP contribution < -0.4 is 0 Å². The molecule has 0 fully saturated rings. The summed E-state index contributed by atoms with van der Waals surface area (Å²) in [6.45, 7) is 1.13. The van der Waals surface area contributed by atoms with Gasteiger partial charge in [0, 0.05) is 5.56 Å². The van der Waals surface area contributed by atoms with Gasteiger partial charge in [0.1, 0.15) is 6.17 Å². The minimum absolute atomic E-state index is 0.165. The standard InChI is InChI=1S/C11H11F3O3/c1-5(12)6-3-7(9(14)8(13)4-6)10(15)11(16)17-2/h3-5,10,15H,1-2H3. The molecule has 2 unspecified atom stereocenters. The third kappa shape index (κ3) is 2.76. The predicted molar refractivity (Wildman–Crippen MR) is 52.9 cm³/mol. The summed E-state index contributed by atoms with van der Waals surface area (Å²) in [5, 5.41) is 9.40. The summed E-state index contributed by atoms with van der Waals surface area (Å²) in [4.78, 5) is 11.0. The van der Waals surface area contributed by atoms with Gasteiger partial charge in [-0.3, -0.25) is 0 Å². The van der Waals surface area contributed by atoms with Gasteiger partial charge in [0.25, 0.3) is 0 Å². The maximum Gasteiger partial charge on any atom is 0.339 e. The van der Waals surface area contributed by atoms with Crippen molar-refractivity contribution in [2.45, 2.75) is 19.2 Å². The molecule has 94 valence electrons. The van der Waals surface area contributed by atoms with Crippen LogP contribution in [0.4, 0.5) is 13.2 Å². The Hall–Kier alpha value is -1.56. The molecule has 17 heavy (non-hydrogen) atoms. The number of esters is 1. The minimum atomic E-state index is -1.98. The number of benzene rings is 1. The van der Waals surface area contributed by atoms with Crippen LogP contribution in [0.3, 0.4) is 0 Å². The Morgan fingerprint density at radius 1 is 1.41 bits per heavy atom. The van der Waals surface area contributed by atoms with Crippen LogP contribution in [-0.4, -0.2) is 18.2 Å². The van der Waals surface area contributed by atoms with Crippen LogP contribution in [0.1, 0.15) is 30.3 Å². The van der Waals surface area contributed by atoms with Crippen LogP contribution in [0.25, 0.3) is 0 Å². The zero-order chi connectivity index (χ0) is 13.2. The van der Waals surface area contributed by atoms with Crippen LogP contribution in [-0.2, 0) is 9.53 Å². The van der Waals surface area contributed by atoms with E-state index in [1.165, 1.54) is 0 Å². The molecule has 6 heteroatoms. The first-order chi connectivity index (χ1) is 7.88. The number of alkyl halides is 1. The van der Waals surface area contributed by atoms with Crippen molar-refractivity contribution < 1.29 is 27.8 Å². The number of carbonyl (C=O) groups excluding carboxylic acids is 1. The molecule has 0 amide bonds. The summed E-state index contributed by atoms with van der Waals surface area (Å²) in [6, 6.07) is 1.57. The average molecular weight is 248 g/mol. The average Bonchev–Trinajstić information content (AvgIpc) is 2.30. The molecule has 0 aromatic heterocycles. The van der Waals surface area contributed by atoms with E-state index in [4.69, 9.17) is 0 Å². The topological polar surface area (TPSA) is 46.5 Å². The summed E-state index contributed by atoms with van der Waals surface area (Å²) in [6.07, 6.45) is -3.53. The van der Waals surface area contributed by atoms with E-state index >= 15 is 0 Å². The Morgan fingerprint density at radius 3 is 2.47 bits per heavy atom. The molecule has 3 nitrogen and oxygen atoms in total. The van der Waals surface area contributed by atoms with Gasteiger partial charge in [-0.25, -0.2) is 18.0 Å². The molecule has 0 aliphatic heterocycles. The third-order valence-corrected chi connectivity index (χ3v) is 2.26. The van der Waals surface area contributed by atoms with E-state index in [1.54, 1.807) is 0 Å². The molecule has 1 aromatic carbocycles. The fourth-order valence-electron chi connectivity index (χ4n) is 1.30. The number of hydrogen-bond donors (Lipinski definition) is 1. The Labute approximate surface area is 95.8 Å². The van der Waals surface area contributed by atoms with E-state index in [2.05, 4.69) is 4.74 Å². The van der Waals surface area contributed by atoms with Crippen molar-refractivity contribution >= 4 is 5.97 Å². The molecule has 0 saturated heterocycles. The molecular weight excluding hydrogens is 237 g/mol. The number of carbonyl (C=O) groups is 1. The highest BCUT2D eigenvalue weighted by molar-refractivity contribution is 5.76. The lowest BCUT2D eigenvalue weighted by molar-refractivity contribution is -0.150. The largest absolute Gasteiger partial charge is 0.467 e. The van der Waals surface area contributed by atoms with Crippen molar-refractivity contribution in [1.82, 2.24) is 0 Å². The number of hydrogen-bond acceptors (Lipinski definition) is 3. The van der Waals surface area contributed by atoms with Crippen molar-refractivity contribution in [2.24, 2.45) is 0 Å². The van der Waals surface area contributed by atoms with E-state index < -0.39 is 35.4 Å².